The number of carbonyl (C=O) groups excluding carboxylic acids is 1. The molecule has 25 heavy (non-hydrogen) atoms. The van der Waals surface area contributed by atoms with Crippen molar-refractivity contribution in [2.75, 3.05) is 5.32 Å². The van der Waals surface area contributed by atoms with E-state index >= 15 is 0 Å². The summed E-state index contributed by atoms with van der Waals surface area (Å²) in [5.41, 5.74) is 0.866. The number of nitrogens with one attached hydrogen (secondary N) is 2. The van der Waals surface area contributed by atoms with Crippen LogP contribution in [0.2, 0.25) is 0 Å². The van der Waals surface area contributed by atoms with Crippen LogP contribution in [0.3, 0.4) is 0 Å². The minimum atomic E-state index is -4.44. The Bertz CT molecular complexity index is 771. The number of thiocarbonyl (C=S) groups is 1. The molecule has 0 atom stereocenters. The van der Waals surface area contributed by atoms with Crippen molar-refractivity contribution in [2.24, 2.45) is 0 Å². The summed E-state index contributed by atoms with van der Waals surface area (Å²) in [5, 5.41) is 4.96. The number of carbonyl (C=O) groups is 1. The van der Waals surface area contributed by atoms with Gasteiger partial charge in [0.05, 0.1) is 5.56 Å². The molecule has 2 aromatic rings. The van der Waals surface area contributed by atoms with Gasteiger partial charge in [-0.05, 0) is 54.0 Å². The molecule has 0 radical (unpaired) electrons. The van der Waals surface area contributed by atoms with Gasteiger partial charge < -0.3 is 5.32 Å². The van der Waals surface area contributed by atoms with Crippen LogP contribution in [-0.4, -0.2) is 11.0 Å². The monoisotopic (exact) mass is 366 g/mol. The van der Waals surface area contributed by atoms with Crippen molar-refractivity contribution in [3.8, 4) is 0 Å². The van der Waals surface area contributed by atoms with Gasteiger partial charge in [0.15, 0.2) is 5.11 Å². The number of rotatable bonds is 3. The van der Waals surface area contributed by atoms with E-state index in [2.05, 4.69) is 10.6 Å². The molecule has 0 saturated carbocycles. The molecule has 0 aliphatic heterocycles. The Morgan fingerprint density at radius 3 is 2.28 bits per heavy atom. The van der Waals surface area contributed by atoms with Gasteiger partial charge in [-0.3, -0.25) is 10.1 Å². The van der Waals surface area contributed by atoms with Crippen molar-refractivity contribution in [1.82, 2.24) is 5.32 Å². The predicted molar refractivity (Wildman–Crippen MR) is 95.7 cm³/mol. The van der Waals surface area contributed by atoms with E-state index in [-0.39, 0.29) is 10.8 Å². The highest BCUT2D eigenvalue weighted by Crippen LogP contribution is 2.30. The van der Waals surface area contributed by atoms with E-state index in [1.54, 1.807) is 12.1 Å². The Hall–Kier alpha value is -2.41. The third kappa shape index (κ3) is 5.29. The van der Waals surface area contributed by atoms with Crippen LogP contribution in [0.1, 0.15) is 41.3 Å². The molecule has 0 bridgehead atoms. The zero-order valence-corrected chi connectivity index (χ0v) is 14.5. The fourth-order valence-corrected chi connectivity index (χ4v) is 2.34. The first kappa shape index (κ1) is 18.9. The van der Waals surface area contributed by atoms with Gasteiger partial charge >= 0.3 is 6.18 Å². The average molecular weight is 366 g/mol. The molecule has 132 valence electrons. The number of amides is 1. The third-order valence-corrected chi connectivity index (χ3v) is 3.72. The smallest absolute Gasteiger partial charge is 0.332 e. The number of hydrogen-bond donors (Lipinski definition) is 2. The van der Waals surface area contributed by atoms with Crippen molar-refractivity contribution in [3.05, 3.63) is 65.2 Å². The van der Waals surface area contributed by atoms with Crippen molar-refractivity contribution in [1.29, 1.82) is 0 Å². The molecule has 2 N–H and O–H groups in total. The Labute approximate surface area is 149 Å². The Kier molecular flexibility index (Phi) is 5.79. The molecular weight excluding hydrogens is 349 g/mol. The van der Waals surface area contributed by atoms with E-state index in [9.17, 15) is 18.0 Å². The number of benzene rings is 2. The molecule has 3 nitrogen and oxygen atoms in total. The molecule has 2 rings (SSSR count). The predicted octanol–water partition coefficient (Wildman–Crippen LogP) is 4.96. The van der Waals surface area contributed by atoms with Gasteiger partial charge in [0.1, 0.15) is 0 Å². The average Bonchev–Trinajstić information content (AvgIpc) is 2.54. The van der Waals surface area contributed by atoms with Crippen LogP contribution in [0.15, 0.2) is 48.5 Å². The van der Waals surface area contributed by atoms with E-state index in [0.717, 1.165) is 17.7 Å². The maximum atomic E-state index is 12.7. The fourth-order valence-electron chi connectivity index (χ4n) is 2.13. The van der Waals surface area contributed by atoms with Crippen LogP contribution in [0, 0.1) is 0 Å². The van der Waals surface area contributed by atoms with Crippen LogP contribution in [0.4, 0.5) is 18.9 Å². The molecule has 7 heteroatoms. The summed E-state index contributed by atoms with van der Waals surface area (Å²) in [6.07, 6.45) is -4.44. The van der Waals surface area contributed by atoms with Crippen molar-refractivity contribution in [3.63, 3.8) is 0 Å². The number of anilines is 1. The van der Waals surface area contributed by atoms with Crippen LogP contribution < -0.4 is 10.6 Å². The fraction of sp³-hybridized carbons (Fsp3) is 0.222. The molecule has 0 fully saturated rings. The molecule has 0 saturated heterocycles. The Balaban J connectivity index is 2.01. The highest BCUT2D eigenvalue weighted by molar-refractivity contribution is 7.80. The first-order valence-corrected chi connectivity index (χ1v) is 7.97. The van der Waals surface area contributed by atoms with Gasteiger partial charge in [-0.1, -0.05) is 32.0 Å². The summed E-state index contributed by atoms with van der Waals surface area (Å²) < 4.78 is 38.1. The third-order valence-electron chi connectivity index (χ3n) is 3.51. The maximum absolute atomic E-state index is 12.7. The highest BCUT2D eigenvalue weighted by Gasteiger charge is 2.30. The van der Waals surface area contributed by atoms with Gasteiger partial charge in [0.2, 0.25) is 0 Å². The lowest BCUT2D eigenvalue weighted by Crippen LogP contribution is -2.34. The SMILES string of the molecule is CC(C)c1ccc(C(=O)NC(=S)Nc2cccc(C(F)(F)F)c2)cc1. The second kappa shape index (κ2) is 7.65. The van der Waals surface area contributed by atoms with Gasteiger partial charge in [0.25, 0.3) is 5.91 Å². The quantitative estimate of drug-likeness (QED) is 0.755. The van der Waals surface area contributed by atoms with Crippen molar-refractivity contribution < 1.29 is 18.0 Å². The van der Waals surface area contributed by atoms with E-state index in [0.29, 0.717) is 11.5 Å². The molecule has 0 aromatic heterocycles. The topological polar surface area (TPSA) is 41.1 Å². The molecule has 0 unspecified atom stereocenters. The highest BCUT2D eigenvalue weighted by atomic mass is 32.1. The largest absolute Gasteiger partial charge is 0.416 e. The number of alkyl halides is 3. The van der Waals surface area contributed by atoms with Gasteiger partial charge in [-0.15, -0.1) is 0 Å². The Morgan fingerprint density at radius 1 is 1.08 bits per heavy atom. The van der Waals surface area contributed by atoms with E-state index in [1.165, 1.54) is 12.1 Å². The molecule has 0 spiro atoms. The summed E-state index contributed by atoms with van der Waals surface area (Å²) in [4.78, 5) is 12.1. The summed E-state index contributed by atoms with van der Waals surface area (Å²) in [7, 11) is 0. The van der Waals surface area contributed by atoms with Crippen molar-refractivity contribution >= 4 is 28.9 Å². The first-order valence-electron chi connectivity index (χ1n) is 7.56. The summed E-state index contributed by atoms with van der Waals surface area (Å²) >= 11 is 4.99. The van der Waals surface area contributed by atoms with Gasteiger partial charge in [0, 0.05) is 11.3 Å². The van der Waals surface area contributed by atoms with Gasteiger partial charge in [-0.2, -0.15) is 13.2 Å². The lowest BCUT2D eigenvalue weighted by molar-refractivity contribution is -0.137. The lowest BCUT2D eigenvalue weighted by Gasteiger charge is -2.12. The molecule has 2 aromatic carbocycles. The summed E-state index contributed by atoms with van der Waals surface area (Å²) in [5.74, 6) is -0.0828. The molecule has 1 amide bonds. The lowest BCUT2D eigenvalue weighted by atomic mass is 10.0. The zero-order chi connectivity index (χ0) is 18.6. The van der Waals surface area contributed by atoms with Crippen LogP contribution in [-0.2, 0) is 6.18 Å². The molecule has 0 heterocycles. The standard InChI is InChI=1S/C18H17F3N2OS/c1-11(2)12-6-8-13(9-7-12)16(24)23-17(25)22-15-5-3-4-14(10-15)18(19,20)21/h3-11H,1-2H3,(H2,22,23,24,25). The molecule has 0 aliphatic carbocycles. The summed E-state index contributed by atoms with van der Waals surface area (Å²) in [6.45, 7) is 4.09. The van der Waals surface area contributed by atoms with E-state index in [1.807, 2.05) is 26.0 Å². The molecular formula is C18H17F3N2OS. The second-order valence-corrected chi connectivity index (χ2v) is 6.17. The zero-order valence-electron chi connectivity index (χ0n) is 13.6. The normalized spacial score (nSPS) is 11.3. The minimum absolute atomic E-state index is 0.0720. The number of hydrogen-bond acceptors (Lipinski definition) is 2. The van der Waals surface area contributed by atoms with Gasteiger partial charge in [-0.25, -0.2) is 0 Å². The maximum Gasteiger partial charge on any atom is 0.416 e. The Morgan fingerprint density at radius 2 is 1.72 bits per heavy atom. The van der Waals surface area contributed by atoms with E-state index < -0.39 is 17.6 Å². The van der Waals surface area contributed by atoms with E-state index in [4.69, 9.17) is 12.2 Å². The van der Waals surface area contributed by atoms with Crippen LogP contribution in [0.25, 0.3) is 0 Å². The first-order chi connectivity index (χ1) is 11.7. The number of halogens is 3. The van der Waals surface area contributed by atoms with Crippen LogP contribution >= 0.6 is 12.2 Å². The van der Waals surface area contributed by atoms with Crippen molar-refractivity contribution in [2.45, 2.75) is 25.9 Å². The minimum Gasteiger partial charge on any atom is -0.332 e. The van der Waals surface area contributed by atoms with Crippen LogP contribution in [0.5, 0.6) is 0 Å². The second-order valence-electron chi connectivity index (χ2n) is 5.76. The summed E-state index contributed by atoms with van der Waals surface area (Å²) in [6, 6.07) is 11.6. The molecule has 0 aliphatic rings.